The molecule has 1 N–H and O–H groups in total. The van der Waals surface area contributed by atoms with Crippen LogP contribution in [0.4, 0.5) is 4.39 Å². The zero-order chi connectivity index (χ0) is 24.6. The molecule has 2 aromatic heterocycles. The van der Waals surface area contributed by atoms with Crippen molar-refractivity contribution in [2.24, 2.45) is 11.8 Å². The Morgan fingerprint density at radius 1 is 1.14 bits per heavy atom. The van der Waals surface area contributed by atoms with Gasteiger partial charge in [-0.15, -0.1) is 0 Å². The number of hydrogen-bond donors (Lipinski definition) is 1. The van der Waals surface area contributed by atoms with E-state index in [0.717, 1.165) is 31.9 Å². The van der Waals surface area contributed by atoms with Crippen LogP contribution in [0.15, 0.2) is 47.0 Å². The average molecular weight is 493 g/mol. The molecule has 1 amide bonds. The summed E-state index contributed by atoms with van der Waals surface area (Å²) in [5.74, 6) is 0.942. The topological polar surface area (TPSA) is 103 Å². The predicted molar refractivity (Wildman–Crippen MR) is 128 cm³/mol. The quantitative estimate of drug-likeness (QED) is 0.392. The first-order valence-electron chi connectivity index (χ1n) is 11.8. The fourth-order valence-corrected chi connectivity index (χ4v) is 4.89. The smallest absolute Gasteiger partial charge is 0.253 e. The summed E-state index contributed by atoms with van der Waals surface area (Å²) in [5, 5.41) is 11.9. The first-order chi connectivity index (χ1) is 17.6. The minimum atomic E-state index is -0.504. The van der Waals surface area contributed by atoms with Crippen LogP contribution in [0.3, 0.4) is 0 Å². The van der Waals surface area contributed by atoms with Gasteiger partial charge < -0.3 is 23.6 Å². The molecule has 2 fully saturated rings. The first kappa shape index (κ1) is 22.7. The molecule has 6 rings (SSSR count). The molecule has 0 bridgehead atoms. The highest BCUT2D eigenvalue weighted by Crippen LogP contribution is 2.33. The number of H-pyrrole nitrogens is 1. The summed E-state index contributed by atoms with van der Waals surface area (Å²) >= 11 is 0. The molecule has 36 heavy (non-hydrogen) atoms. The van der Waals surface area contributed by atoms with Gasteiger partial charge in [-0.25, -0.2) is 4.39 Å². The molecule has 0 saturated carbocycles. The number of likely N-dealkylation sites (tertiary alicyclic amines) is 1. The van der Waals surface area contributed by atoms with Crippen LogP contribution in [0.25, 0.3) is 33.6 Å². The largest absolute Gasteiger partial charge is 0.488 e. The number of rotatable bonds is 7. The van der Waals surface area contributed by atoms with Gasteiger partial charge in [-0.05, 0) is 18.2 Å². The minimum Gasteiger partial charge on any atom is -0.488 e. The van der Waals surface area contributed by atoms with Gasteiger partial charge in [0.2, 0.25) is 0 Å². The van der Waals surface area contributed by atoms with E-state index in [2.05, 4.69) is 15.4 Å². The summed E-state index contributed by atoms with van der Waals surface area (Å²) < 4.78 is 36.0. The van der Waals surface area contributed by atoms with Crippen LogP contribution in [-0.4, -0.2) is 72.8 Å². The fraction of sp³-hybridized carbons (Fsp3) is 0.346. The van der Waals surface area contributed by atoms with Crippen LogP contribution >= 0.6 is 0 Å². The Hall–Kier alpha value is -3.76. The molecule has 0 radical (unpaired) electrons. The summed E-state index contributed by atoms with van der Waals surface area (Å²) in [6.07, 6.45) is 0. The number of methoxy groups -OCH3 is 1. The summed E-state index contributed by atoms with van der Waals surface area (Å²) in [4.78, 5) is 14.8. The summed E-state index contributed by atoms with van der Waals surface area (Å²) in [6, 6.07) is 12.0. The van der Waals surface area contributed by atoms with Crippen LogP contribution in [0, 0.1) is 17.7 Å². The zero-order valence-corrected chi connectivity index (χ0v) is 19.7. The van der Waals surface area contributed by atoms with E-state index in [4.69, 9.17) is 18.7 Å². The normalized spacial score (nSPS) is 19.2. The van der Waals surface area contributed by atoms with Gasteiger partial charge in [0.05, 0.1) is 25.3 Å². The van der Waals surface area contributed by atoms with E-state index >= 15 is 0 Å². The summed E-state index contributed by atoms with van der Waals surface area (Å²) in [7, 11) is 1.55. The molecular weight excluding hydrogens is 467 g/mol. The Labute approximate surface area is 206 Å². The standard InChI is InChI=1S/C26H25FN4O5/c1-33-6-7-35-23-10-22-19(8-20(23)27)25(29-28-22)24-9-21(30-36-24)15-2-4-16(5-3-15)26(32)31-11-17-13-34-14-18(17)12-31/h2-5,8-10,17-18H,6-7,11-14H2,1H3,(H,28,29)/t17-,18+. The molecule has 2 saturated heterocycles. The molecule has 2 aromatic carbocycles. The van der Waals surface area contributed by atoms with E-state index in [-0.39, 0.29) is 18.3 Å². The summed E-state index contributed by atoms with van der Waals surface area (Å²) in [6.45, 7) is 3.57. The molecule has 4 aromatic rings. The SMILES string of the molecule is COCCOc1cc2[nH]nc(-c3cc(-c4ccc(C(=O)N5C[C@H]6COC[C@H]6C5)cc4)no3)c2cc1F. The second-order valence-electron chi connectivity index (χ2n) is 9.16. The van der Waals surface area contributed by atoms with Gasteiger partial charge in [-0.3, -0.25) is 9.89 Å². The van der Waals surface area contributed by atoms with Crippen LogP contribution in [0.5, 0.6) is 5.75 Å². The van der Waals surface area contributed by atoms with E-state index in [1.54, 1.807) is 31.4 Å². The fourth-order valence-electron chi connectivity index (χ4n) is 4.89. The molecule has 0 unspecified atom stereocenters. The van der Waals surface area contributed by atoms with Crippen LogP contribution in [0.1, 0.15) is 10.4 Å². The number of carbonyl (C=O) groups is 1. The van der Waals surface area contributed by atoms with E-state index in [9.17, 15) is 9.18 Å². The molecular formula is C26H25FN4O5. The monoisotopic (exact) mass is 492 g/mol. The lowest BCUT2D eigenvalue weighted by atomic mass is 10.0. The third kappa shape index (κ3) is 4.12. The lowest BCUT2D eigenvalue weighted by Crippen LogP contribution is -2.30. The summed E-state index contributed by atoms with van der Waals surface area (Å²) in [5.41, 5.74) is 3.08. The van der Waals surface area contributed by atoms with Crippen molar-refractivity contribution in [3.05, 3.63) is 53.8 Å². The number of nitrogens with zero attached hydrogens (tertiary/aromatic N) is 3. The maximum absolute atomic E-state index is 14.6. The van der Waals surface area contributed by atoms with Gasteiger partial charge in [0.25, 0.3) is 5.91 Å². The van der Waals surface area contributed by atoms with Crippen molar-refractivity contribution in [2.45, 2.75) is 0 Å². The highest BCUT2D eigenvalue weighted by molar-refractivity contribution is 5.95. The second-order valence-corrected chi connectivity index (χ2v) is 9.16. The molecule has 10 heteroatoms. The third-order valence-electron chi connectivity index (χ3n) is 6.86. The van der Waals surface area contributed by atoms with E-state index < -0.39 is 5.82 Å². The predicted octanol–water partition coefficient (Wildman–Crippen LogP) is 3.77. The van der Waals surface area contributed by atoms with Crippen LogP contribution in [0.2, 0.25) is 0 Å². The van der Waals surface area contributed by atoms with Crippen LogP contribution in [-0.2, 0) is 9.47 Å². The van der Waals surface area contributed by atoms with Gasteiger partial charge in [-0.2, -0.15) is 5.10 Å². The Balaban J connectivity index is 1.19. The molecule has 2 aliphatic rings. The number of aromatic amines is 1. The number of nitrogens with one attached hydrogen (secondary N) is 1. The number of hydrogen-bond acceptors (Lipinski definition) is 7. The van der Waals surface area contributed by atoms with Crippen molar-refractivity contribution in [3.63, 3.8) is 0 Å². The van der Waals surface area contributed by atoms with Crippen molar-refractivity contribution in [3.8, 4) is 28.5 Å². The molecule has 4 heterocycles. The van der Waals surface area contributed by atoms with Gasteiger partial charge in [0.1, 0.15) is 18.0 Å². The third-order valence-corrected chi connectivity index (χ3v) is 6.86. The van der Waals surface area contributed by atoms with Crippen molar-refractivity contribution in [1.29, 1.82) is 0 Å². The zero-order valence-electron chi connectivity index (χ0n) is 19.7. The molecule has 186 valence electrons. The van der Waals surface area contributed by atoms with Gasteiger partial charge in [0, 0.05) is 60.7 Å². The number of fused-ring (bicyclic) bond motifs is 2. The maximum atomic E-state index is 14.6. The van der Waals surface area contributed by atoms with Crippen molar-refractivity contribution < 1.29 is 27.9 Å². The maximum Gasteiger partial charge on any atom is 0.253 e. The highest BCUT2D eigenvalue weighted by Gasteiger charge is 2.39. The lowest BCUT2D eigenvalue weighted by Gasteiger charge is -2.17. The highest BCUT2D eigenvalue weighted by atomic mass is 19.1. The molecule has 9 nitrogen and oxygen atoms in total. The number of aromatic nitrogens is 3. The van der Waals surface area contributed by atoms with Gasteiger partial charge >= 0.3 is 0 Å². The molecule has 0 spiro atoms. The van der Waals surface area contributed by atoms with Crippen LogP contribution < -0.4 is 4.74 Å². The second kappa shape index (κ2) is 9.36. The molecule has 0 aliphatic carbocycles. The Morgan fingerprint density at radius 2 is 1.92 bits per heavy atom. The average Bonchev–Trinajstić information content (AvgIpc) is 3.67. The molecule has 2 atom stereocenters. The van der Waals surface area contributed by atoms with Crippen molar-refractivity contribution >= 4 is 16.8 Å². The van der Waals surface area contributed by atoms with E-state index in [0.29, 0.717) is 52.1 Å². The number of amides is 1. The molecule has 2 aliphatic heterocycles. The van der Waals surface area contributed by atoms with Gasteiger partial charge in [0.15, 0.2) is 17.3 Å². The Morgan fingerprint density at radius 3 is 2.67 bits per heavy atom. The minimum absolute atomic E-state index is 0.0346. The lowest BCUT2D eigenvalue weighted by molar-refractivity contribution is 0.0751. The van der Waals surface area contributed by atoms with E-state index in [1.807, 2.05) is 17.0 Å². The number of carbonyl (C=O) groups excluding carboxylic acids is 1. The number of halogens is 1. The number of ether oxygens (including phenoxy) is 3. The van der Waals surface area contributed by atoms with Gasteiger partial charge in [-0.1, -0.05) is 17.3 Å². The van der Waals surface area contributed by atoms with Crippen molar-refractivity contribution in [2.75, 3.05) is 46.6 Å². The Kier molecular flexibility index (Phi) is 5.90. The Bertz CT molecular complexity index is 1390. The number of benzene rings is 2. The first-order valence-corrected chi connectivity index (χ1v) is 11.8. The van der Waals surface area contributed by atoms with Crippen molar-refractivity contribution in [1.82, 2.24) is 20.3 Å². The van der Waals surface area contributed by atoms with E-state index in [1.165, 1.54) is 6.07 Å².